The topological polar surface area (TPSA) is 105 Å². The van der Waals surface area contributed by atoms with E-state index < -0.39 is 5.60 Å². The van der Waals surface area contributed by atoms with Crippen LogP contribution in [-0.4, -0.2) is 65.4 Å². The van der Waals surface area contributed by atoms with Crippen LogP contribution >= 0.6 is 11.6 Å². The van der Waals surface area contributed by atoms with Crippen LogP contribution in [0.25, 0.3) is 11.4 Å². The van der Waals surface area contributed by atoms with Gasteiger partial charge in [-0.25, -0.2) is 4.79 Å². The molecule has 1 fully saturated rings. The second kappa shape index (κ2) is 9.34. The van der Waals surface area contributed by atoms with Crippen molar-refractivity contribution in [1.29, 1.82) is 0 Å². The summed E-state index contributed by atoms with van der Waals surface area (Å²) in [4.78, 5) is 22.3. The molecule has 1 saturated heterocycles. The molecule has 2 heterocycles. The zero-order valence-electron chi connectivity index (χ0n) is 17.6. The van der Waals surface area contributed by atoms with Gasteiger partial charge in [0.1, 0.15) is 5.60 Å². The Kier molecular flexibility index (Phi) is 6.81. The van der Waals surface area contributed by atoms with Crippen molar-refractivity contribution in [2.75, 3.05) is 26.7 Å². The summed E-state index contributed by atoms with van der Waals surface area (Å²) in [7, 11) is 1.70. The second-order valence-corrected chi connectivity index (χ2v) is 8.43. The van der Waals surface area contributed by atoms with Gasteiger partial charge in [-0.2, -0.15) is 4.98 Å². The number of amides is 1. The number of carbonyl (C=O) groups is 1. The van der Waals surface area contributed by atoms with Crippen LogP contribution in [0.3, 0.4) is 0 Å². The maximum absolute atomic E-state index is 12.0. The Balaban J connectivity index is 1.40. The predicted octanol–water partition coefficient (Wildman–Crippen LogP) is 2.72. The number of ether oxygens (including phenoxy) is 1. The zero-order chi connectivity index (χ0) is 21.7. The summed E-state index contributed by atoms with van der Waals surface area (Å²) < 4.78 is 10.7. The molecule has 1 aromatic heterocycles. The highest BCUT2D eigenvalue weighted by Gasteiger charge is 2.34. The number of nitrogens with one attached hydrogen (secondary N) is 2. The van der Waals surface area contributed by atoms with Crippen molar-refractivity contribution in [3.63, 3.8) is 0 Å². The highest BCUT2D eigenvalue weighted by molar-refractivity contribution is 6.30. The minimum Gasteiger partial charge on any atom is -0.444 e. The Morgan fingerprint density at radius 3 is 2.67 bits per heavy atom. The molecule has 2 N–H and O–H groups in total. The van der Waals surface area contributed by atoms with E-state index in [2.05, 4.69) is 25.8 Å². The fourth-order valence-electron chi connectivity index (χ4n) is 2.79. The van der Waals surface area contributed by atoms with Crippen LogP contribution in [0.4, 0.5) is 4.79 Å². The van der Waals surface area contributed by atoms with Crippen LogP contribution in [0.2, 0.25) is 5.02 Å². The number of carbonyl (C=O) groups excluding carboxylic acids is 1. The lowest BCUT2D eigenvalue weighted by Gasteiger charge is -2.40. The number of hydrogen-bond donors (Lipinski definition) is 2. The van der Waals surface area contributed by atoms with Crippen molar-refractivity contribution in [3.05, 3.63) is 35.2 Å². The largest absolute Gasteiger partial charge is 0.444 e. The highest BCUT2D eigenvalue weighted by Crippen LogP contribution is 2.19. The summed E-state index contributed by atoms with van der Waals surface area (Å²) in [6, 6.07) is 7.40. The van der Waals surface area contributed by atoms with Crippen molar-refractivity contribution >= 4 is 23.7 Å². The molecular weight excluding hydrogens is 408 g/mol. The van der Waals surface area contributed by atoms with Gasteiger partial charge in [0.05, 0.1) is 6.04 Å². The molecule has 0 aliphatic carbocycles. The lowest BCUT2D eigenvalue weighted by atomic mass is 10.1. The fourth-order valence-corrected chi connectivity index (χ4v) is 2.92. The van der Waals surface area contributed by atoms with Gasteiger partial charge >= 0.3 is 6.09 Å². The van der Waals surface area contributed by atoms with E-state index in [9.17, 15) is 4.79 Å². The molecule has 0 radical (unpaired) electrons. The standard InChI is InChI=1S/C20H27ClN6O3/c1-20(2,3)29-19(28)27-11-15(12-27)24-18(22-4)23-10-9-16-25-17(26-30-16)13-5-7-14(21)8-6-13/h5-8,15H,9-12H2,1-4H3,(H2,22,23,24). The first kappa shape index (κ1) is 21.9. The van der Waals surface area contributed by atoms with Gasteiger partial charge in [-0.15, -0.1) is 0 Å². The van der Waals surface area contributed by atoms with E-state index in [1.165, 1.54) is 0 Å². The van der Waals surface area contributed by atoms with Crippen molar-refractivity contribution in [1.82, 2.24) is 25.7 Å². The number of nitrogens with zero attached hydrogens (tertiary/aromatic N) is 4. The number of aromatic nitrogens is 2. The molecule has 1 aromatic carbocycles. The first-order valence-electron chi connectivity index (χ1n) is 9.77. The molecule has 2 aromatic rings. The fraction of sp³-hybridized carbons (Fsp3) is 0.500. The summed E-state index contributed by atoms with van der Waals surface area (Å²) in [5.74, 6) is 1.71. The molecule has 0 spiro atoms. The van der Waals surface area contributed by atoms with E-state index in [-0.39, 0.29) is 12.1 Å². The van der Waals surface area contributed by atoms with E-state index in [4.69, 9.17) is 20.9 Å². The van der Waals surface area contributed by atoms with Gasteiger partial charge in [0.25, 0.3) is 0 Å². The predicted molar refractivity (Wildman–Crippen MR) is 115 cm³/mol. The van der Waals surface area contributed by atoms with Crippen LogP contribution in [0.1, 0.15) is 26.7 Å². The maximum atomic E-state index is 12.0. The smallest absolute Gasteiger partial charge is 0.410 e. The Labute approximate surface area is 180 Å². The minimum absolute atomic E-state index is 0.128. The van der Waals surface area contributed by atoms with Crippen LogP contribution in [0, 0.1) is 0 Å². The van der Waals surface area contributed by atoms with Gasteiger partial charge in [0.15, 0.2) is 5.96 Å². The molecule has 9 nitrogen and oxygen atoms in total. The molecule has 0 unspecified atom stereocenters. The molecular formula is C20H27ClN6O3. The number of hydrogen-bond acceptors (Lipinski definition) is 6. The third-order valence-electron chi connectivity index (χ3n) is 4.30. The molecule has 162 valence electrons. The van der Waals surface area contributed by atoms with Gasteiger partial charge in [0.2, 0.25) is 11.7 Å². The van der Waals surface area contributed by atoms with E-state index in [0.717, 1.165) is 5.56 Å². The molecule has 30 heavy (non-hydrogen) atoms. The molecule has 10 heteroatoms. The van der Waals surface area contributed by atoms with Gasteiger partial charge < -0.3 is 24.8 Å². The maximum Gasteiger partial charge on any atom is 0.410 e. The van der Waals surface area contributed by atoms with Crippen molar-refractivity contribution in [2.45, 2.75) is 38.8 Å². The quantitative estimate of drug-likeness (QED) is 0.550. The molecule has 1 amide bonds. The van der Waals surface area contributed by atoms with Crippen LogP contribution < -0.4 is 10.6 Å². The number of aliphatic imine (C=N–C) groups is 1. The average molecular weight is 435 g/mol. The van der Waals surface area contributed by atoms with Gasteiger partial charge in [-0.1, -0.05) is 16.8 Å². The molecule has 0 bridgehead atoms. The van der Waals surface area contributed by atoms with Crippen molar-refractivity contribution < 1.29 is 14.1 Å². The lowest BCUT2D eigenvalue weighted by molar-refractivity contribution is 0.00701. The third kappa shape index (κ3) is 6.09. The van der Waals surface area contributed by atoms with E-state index in [1.807, 2.05) is 32.9 Å². The van der Waals surface area contributed by atoms with Gasteiger partial charge in [0, 0.05) is 43.7 Å². The van der Waals surface area contributed by atoms with Crippen molar-refractivity contribution in [3.8, 4) is 11.4 Å². The van der Waals surface area contributed by atoms with Crippen LogP contribution in [0.15, 0.2) is 33.8 Å². The first-order chi connectivity index (χ1) is 14.2. The number of likely N-dealkylation sites (tertiary alicyclic amines) is 1. The van der Waals surface area contributed by atoms with E-state index in [0.29, 0.717) is 48.8 Å². The summed E-state index contributed by atoms with van der Waals surface area (Å²) in [5.41, 5.74) is 0.356. The zero-order valence-corrected chi connectivity index (χ0v) is 18.4. The van der Waals surface area contributed by atoms with Gasteiger partial charge in [-0.05, 0) is 45.0 Å². The third-order valence-corrected chi connectivity index (χ3v) is 4.55. The summed E-state index contributed by atoms with van der Waals surface area (Å²) in [6.45, 7) is 7.29. The lowest BCUT2D eigenvalue weighted by Crippen LogP contribution is -2.63. The van der Waals surface area contributed by atoms with Gasteiger partial charge in [-0.3, -0.25) is 4.99 Å². The van der Waals surface area contributed by atoms with Crippen LogP contribution in [0.5, 0.6) is 0 Å². The molecule has 0 saturated carbocycles. The number of halogens is 1. The Hall–Kier alpha value is -2.81. The summed E-state index contributed by atoms with van der Waals surface area (Å²) in [5, 5.41) is 11.2. The van der Waals surface area contributed by atoms with Crippen molar-refractivity contribution in [2.24, 2.45) is 4.99 Å². The Bertz CT molecular complexity index is 885. The molecule has 1 aliphatic heterocycles. The number of rotatable bonds is 5. The Morgan fingerprint density at radius 1 is 1.33 bits per heavy atom. The summed E-state index contributed by atoms with van der Waals surface area (Å²) >= 11 is 5.90. The second-order valence-electron chi connectivity index (χ2n) is 7.99. The Morgan fingerprint density at radius 2 is 2.03 bits per heavy atom. The number of benzene rings is 1. The molecule has 3 rings (SSSR count). The summed E-state index contributed by atoms with van der Waals surface area (Å²) in [6.07, 6.45) is 0.257. The minimum atomic E-state index is -0.491. The molecule has 1 aliphatic rings. The number of guanidine groups is 1. The van der Waals surface area contributed by atoms with E-state index in [1.54, 1.807) is 24.1 Å². The monoisotopic (exact) mass is 434 g/mol. The van der Waals surface area contributed by atoms with E-state index >= 15 is 0 Å². The average Bonchev–Trinajstić information content (AvgIpc) is 3.10. The first-order valence-corrected chi connectivity index (χ1v) is 10.1. The normalized spacial score (nSPS) is 15.0. The SMILES string of the molecule is CN=C(NCCc1nc(-c2ccc(Cl)cc2)no1)NC1CN(C(=O)OC(C)(C)C)C1. The highest BCUT2D eigenvalue weighted by atomic mass is 35.5. The molecule has 0 atom stereocenters. The van der Waals surface area contributed by atoms with Crippen LogP contribution in [-0.2, 0) is 11.2 Å².